The van der Waals surface area contributed by atoms with Crippen molar-refractivity contribution < 1.29 is 0 Å². The number of nitrogens with zero attached hydrogens (tertiary/aromatic N) is 6. The zero-order chi connectivity index (χ0) is 20.0. The number of hydrogen-bond donors (Lipinski definition) is 0. The minimum absolute atomic E-state index is 0.182. The van der Waals surface area contributed by atoms with Crippen LogP contribution in [0.15, 0.2) is 65.7 Å². The summed E-state index contributed by atoms with van der Waals surface area (Å²) in [5, 5.41) is 13.7. The van der Waals surface area contributed by atoms with Gasteiger partial charge in [-0.25, -0.2) is 4.98 Å². The number of rotatable bonds is 3. The molecule has 0 saturated carbocycles. The van der Waals surface area contributed by atoms with Crippen molar-refractivity contribution in [1.82, 2.24) is 29.4 Å². The third-order valence-corrected chi connectivity index (χ3v) is 5.06. The third kappa shape index (κ3) is 2.96. The van der Waals surface area contributed by atoms with E-state index in [1.807, 2.05) is 61.5 Å². The van der Waals surface area contributed by atoms with Crippen LogP contribution < -0.4 is 5.56 Å². The average Bonchev–Trinajstić information content (AvgIpc) is 3.08. The summed E-state index contributed by atoms with van der Waals surface area (Å²) in [4.78, 5) is 17.4. The van der Waals surface area contributed by atoms with E-state index in [1.54, 1.807) is 4.52 Å². The first-order chi connectivity index (χ1) is 14.1. The van der Waals surface area contributed by atoms with E-state index in [1.165, 1.54) is 10.9 Å². The molecule has 142 valence electrons. The van der Waals surface area contributed by atoms with Gasteiger partial charge in [0.05, 0.1) is 17.8 Å². The number of fused-ring (bicyclic) bond motifs is 3. The molecule has 3 heterocycles. The minimum atomic E-state index is -0.255. The van der Waals surface area contributed by atoms with E-state index in [4.69, 9.17) is 11.6 Å². The number of benzene rings is 2. The van der Waals surface area contributed by atoms with Crippen molar-refractivity contribution in [3.05, 3.63) is 87.6 Å². The molecule has 29 heavy (non-hydrogen) atoms. The van der Waals surface area contributed by atoms with Crippen molar-refractivity contribution in [1.29, 1.82) is 0 Å². The Morgan fingerprint density at radius 2 is 1.72 bits per heavy atom. The van der Waals surface area contributed by atoms with Crippen molar-refractivity contribution in [3.63, 3.8) is 0 Å². The molecule has 0 aliphatic heterocycles. The van der Waals surface area contributed by atoms with Crippen LogP contribution in [0.1, 0.15) is 11.3 Å². The normalized spacial score (nSPS) is 11.4. The highest BCUT2D eigenvalue weighted by Crippen LogP contribution is 2.28. The highest BCUT2D eigenvalue weighted by molar-refractivity contribution is 6.30. The first-order valence-electron chi connectivity index (χ1n) is 9.03. The topological polar surface area (TPSA) is 78.0 Å². The van der Waals surface area contributed by atoms with Crippen molar-refractivity contribution in [2.75, 3.05) is 0 Å². The maximum absolute atomic E-state index is 12.9. The van der Waals surface area contributed by atoms with E-state index < -0.39 is 0 Å². The number of aromatic nitrogens is 6. The van der Waals surface area contributed by atoms with E-state index in [0.717, 1.165) is 22.4 Å². The van der Waals surface area contributed by atoms with Crippen LogP contribution in [0.5, 0.6) is 0 Å². The largest absolute Gasteiger partial charge is 0.293 e. The van der Waals surface area contributed by atoms with E-state index >= 15 is 0 Å². The lowest BCUT2D eigenvalue weighted by atomic mass is 10.1. The van der Waals surface area contributed by atoms with E-state index in [9.17, 15) is 4.79 Å². The van der Waals surface area contributed by atoms with Gasteiger partial charge in [0.15, 0.2) is 16.8 Å². The van der Waals surface area contributed by atoms with Crippen LogP contribution in [-0.2, 0) is 6.54 Å². The Hall–Kier alpha value is -3.58. The molecule has 2 aromatic carbocycles. The molecule has 0 atom stereocenters. The number of halogens is 1. The van der Waals surface area contributed by atoms with Gasteiger partial charge in [-0.2, -0.15) is 9.61 Å². The van der Waals surface area contributed by atoms with Gasteiger partial charge in [-0.3, -0.25) is 9.36 Å². The van der Waals surface area contributed by atoms with E-state index in [2.05, 4.69) is 20.3 Å². The first kappa shape index (κ1) is 17.5. The molecule has 0 aliphatic rings. The molecule has 0 unspecified atom stereocenters. The lowest BCUT2D eigenvalue weighted by Gasteiger charge is -2.06. The summed E-state index contributed by atoms with van der Waals surface area (Å²) in [6.45, 7) is 2.30. The summed E-state index contributed by atoms with van der Waals surface area (Å²) in [5.41, 5.74) is 4.39. The molecule has 0 saturated heterocycles. The average molecular weight is 403 g/mol. The zero-order valence-corrected chi connectivity index (χ0v) is 16.2. The van der Waals surface area contributed by atoms with Crippen LogP contribution in [0.25, 0.3) is 27.9 Å². The van der Waals surface area contributed by atoms with Crippen LogP contribution >= 0.6 is 11.6 Å². The maximum Gasteiger partial charge on any atom is 0.283 e. The van der Waals surface area contributed by atoms with Crippen LogP contribution in [0.2, 0.25) is 5.02 Å². The molecular formula is C21H15ClN6O. The summed E-state index contributed by atoms with van der Waals surface area (Å²) in [5.74, 6) is 0. The van der Waals surface area contributed by atoms with Crippen molar-refractivity contribution >= 4 is 28.4 Å². The van der Waals surface area contributed by atoms with Gasteiger partial charge in [0.25, 0.3) is 5.56 Å². The maximum atomic E-state index is 12.9. The predicted molar refractivity (Wildman–Crippen MR) is 111 cm³/mol. The monoisotopic (exact) mass is 402 g/mol. The minimum Gasteiger partial charge on any atom is -0.293 e. The van der Waals surface area contributed by atoms with Crippen LogP contribution in [0.3, 0.4) is 0 Å². The molecule has 0 bridgehead atoms. The SMILES string of the molecule is Cc1nn2c(nnc3c(=O)n(Cc4ccccc4)cnc32)c1-c1ccc(Cl)cc1. The lowest BCUT2D eigenvalue weighted by molar-refractivity contribution is 0.737. The highest BCUT2D eigenvalue weighted by atomic mass is 35.5. The first-order valence-corrected chi connectivity index (χ1v) is 9.40. The fraction of sp³-hybridized carbons (Fsp3) is 0.0952. The second kappa shape index (κ2) is 6.79. The standard InChI is InChI=1S/C21H15ClN6O/c1-13-17(15-7-9-16(22)10-8-15)19-25-24-18-20(28(19)26-13)23-12-27(21(18)29)11-14-5-3-2-4-6-14/h2-10,12H,11H2,1H3. The van der Waals surface area contributed by atoms with E-state index in [0.29, 0.717) is 22.9 Å². The molecule has 7 nitrogen and oxygen atoms in total. The Morgan fingerprint density at radius 1 is 0.966 bits per heavy atom. The van der Waals surface area contributed by atoms with Gasteiger partial charge < -0.3 is 0 Å². The van der Waals surface area contributed by atoms with Gasteiger partial charge in [-0.05, 0) is 30.2 Å². The van der Waals surface area contributed by atoms with Gasteiger partial charge in [-0.1, -0.05) is 54.1 Å². The lowest BCUT2D eigenvalue weighted by Crippen LogP contribution is -2.23. The molecule has 5 rings (SSSR count). The van der Waals surface area contributed by atoms with Crippen molar-refractivity contribution in [2.24, 2.45) is 0 Å². The second-order valence-corrected chi connectivity index (χ2v) is 7.17. The Morgan fingerprint density at radius 3 is 2.48 bits per heavy atom. The summed E-state index contributed by atoms with van der Waals surface area (Å²) in [6, 6.07) is 17.2. The van der Waals surface area contributed by atoms with Gasteiger partial charge in [0, 0.05) is 5.02 Å². The zero-order valence-electron chi connectivity index (χ0n) is 15.5. The number of aryl methyl sites for hydroxylation is 1. The highest BCUT2D eigenvalue weighted by Gasteiger charge is 2.18. The molecule has 0 spiro atoms. The summed E-state index contributed by atoms with van der Waals surface area (Å²) >= 11 is 6.00. The van der Waals surface area contributed by atoms with Crippen LogP contribution in [0.4, 0.5) is 0 Å². The Kier molecular flexibility index (Phi) is 4.10. The molecule has 0 amide bonds. The van der Waals surface area contributed by atoms with Crippen LogP contribution in [0, 0.1) is 6.92 Å². The Bertz CT molecular complexity index is 1410. The smallest absolute Gasteiger partial charge is 0.283 e. The predicted octanol–water partition coefficient (Wildman–Crippen LogP) is 3.51. The third-order valence-electron chi connectivity index (χ3n) is 4.80. The fourth-order valence-electron chi connectivity index (χ4n) is 3.41. The van der Waals surface area contributed by atoms with Gasteiger partial charge >= 0.3 is 0 Å². The molecule has 5 aromatic rings. The molecule has 0 radical (unpaired) electrons. The Balaban J connectivity index is 1.68. The summed E-state index contributed by atoms with van der Waals surface area (Å²) in [7, 11) is 0. The summed E-state index contributed by atoms with van der Waals surface area (Å²) in [6.07, 6.45) is 1.53. The molecule has 8 heteroatoms. The van der Waals surface area contributed by atoms with Crippen LogP contribution in [-0.4, -0.2) is 29.4 Å². The molecule has 0 fully saturated rings. The van der Waals surface area contributed by atoms with E-state index in [-0.39, 0.29) is 11.1 Å². The van der Waals surface area contributed by atoms with Crippen molar-refractivity contribution in [2.45, 2.75) is 13.5 Å². The summed E-state index contributed by atoms with van der Waals surface area (Å²) < 4.78 is 3.10. The molecule has 0 N–H and O–H groups in total. The van der Waals surface area contributed by atoms with Gasteiger partial charge in [-0.15, -0.1) is 10.2 Å². The van der Waals surface area contributed by atoms with Gasteiger partial charge in [0.2, 0.25) is 0 Å². The Labute approximate surface area is 170 Å². The second-order valence-electron chi connectivity index (χ2n) is 6.74. The number of hydrogen-bond acceptors (Lipinski definition) is 5. The quantitative estimate of drug-likeness (QED) is 0.461. The van der Waals surface area contributed by atoms with Gasteiger partial charge in [0.1, 0.15) is 6.33 Å². The molecular weight excluding hydrogens is 388 g/mol. The molecule has 0 aliphatic carbocycles. The van der Waals surface area contributed by atoms with Crippen molar-refractivity contribution in [3.8, 4) is 11.1 Å². The molecule has 3 aromatic heterocycles. The fourth-order valence-corrected chi connectivity index (χ4v) is 3.54.